The highest BCUT2D eigenvalue weighted by Gasteiger charge is 2.02. The molecule has 0 atom stereocenters. The molecule has 12 heavy (non-hydrogen) atoms. The van der Waals surface area contributed by atoms with Crippen LogP contribution in [-0.2, 0) is 16.0 Å². The van der Waals surface area contributed by atoms with Gasteiger partial charge in [0, 0.05) is 6.07 Å². The van der Waals surface area contributed by atoms with E-state index < -0.39 is 0 Å². The Hall–Kier alpha value is -1.65. The standard InChI is InChI=1S/C7H8N2O3/c1-12-7(11)4-5-2-3-6(10)9-8-5/h2-3H,4H2,1H3,(H,9,10). The zero-order chi connectivity index (χ0) is 8.97. The fraction of sp³-hybridized carbons (Fsp3) is 0.286. The Bertz CT molecular complexity index is 311. The molecule has 1 heterocycles. The minimum atomic E-state index is -0.380. The molecule has 0 aliphatic rings. The molecule has 0 unspecified atom stereocenters. The first-order chi connectivity index (χ1) is 5.72. The van der Waals surface area contributed by atoms with E-state index in [2.05, 4.69) is 14.9 Å². The first-order valence-corrected chi connectivity index (χ1v) is 3.34. The molecule has 1 rings (SSSR count). The van der Waals surface area contributed by atoms with Crippen LogP contribution in [0, 0.1) is 0 Å². The van der Waals surface area contributed by atoms with Crippen molar-refractivity contribution in [1.29, 1.82) is 0 Å². The average Bonchev–Trinajstić information content (AvgIpc) is 2.09. The number of esters is 1. The monoisotopic (exact) mass is 168 g/mol. The van der Waals surface area contributed by atoms with Gasteiger partial charge in [0.05, 0.1) is 19.2 Å². The van der Waals surface area contributed by atoms with Gasteiger partial charge in [-0.1, -0.05) is 0 Å². The Labute approximate surface area is 68.4 Å². The number of aromatic nitrogens is 2. The molecule has 0 radical (unpaired) electrons. The number of carbonyl (C=O) groups excluding carboxylic acids is 1. The summed E-state index contributed by atoms with van der Waals surface area (Å²) in [6.07, 6.45) is 0.0767. The molecule has 0 saturated carbocycles. The molecule has 1 aromatic rings. The third-order valence-electron chi connectivity index (χ3n) is 1.29. The van der Waals surface area contributed by atoms with Gasteiger partial charge in [-0.3, -0.25) is 9.59 Å². The van der Waals surface area contributed by atoms with E-state index in [0.717, 1.165) is 0 Å². The number of rotatable bonds is 2. The number of methoxy groups -OCH3 is 1. The van der Waals surface area contributed by atoms with E-state index in [1.165, 1.54) is 19.2 Å². The van der Waals surface area contributed by atoms with E-state index in [4.69, 9.17) is 0 Å². The maximum absolute atomic E-state index is 10.7. The number of carbonyl (C=O) groups is 1. The Kier molecular flexibility index (Phi) is 2.57. The second-order valence-corrected chi connectivity index (χ2v) is 2.17. The SMILES string of the molecule is COC(=O)Cc1ccc(=O)[nH]n1. The van der Waals surface area contributed by atoms with Crippen molar-refractivity contribution in [2.24, 2.45) is 0 Å². The van der Waals surface area contributed by atoms with Crippen molar-refractivity contribution in [2.45, 2.75) is 6.42 Å². The third-order valence-corrected chi connectivity index (χ3v) is 1.29. The lowest BCUT2D eigenvalue weighted by Gasteiger charge is -1.96. The molecule has 0 spiro atoms. The summed E-state index contributed by atoms with van der Waals surface area (Å²) in [5.41, 5.74) is 0.199. The fourth-order valence-electron chi connectivity index (χ4n) is 0.692. The van der Waals surface area contributed by atoms with E-state index >= 15 is 0 Å². The average molecular weight is 168 g/mol. The highest BCUT2D eigenvalue weighted by molar-refractivity contribution is 5.71. The highest BCUT2D eigenvalue weighted by atomic mass is 16.5. The van der Waals surface area contributed by atoms with Crippen LogP contribution in [0.25, 0.3) is 0 Å². The van der Waals surface area contributed by atoms with Crippen LogP contribution < -0.4 is 5.56 Å². The fourth-order valence-corrected chi connectivity index (χ4v) is 0.692. The van der Waals surface area contributed by atoms with Crippen LogP contribution in [-0.4, -0.2) is 23.3 Å². The van der Waals surface area contributed by atoms with Crippen LogP contribution in [0.4, 0.5) is 0 Å². The van der Waals surface area contributed by atoms with Crippen molar-refractivity contribution in [2.75, 3.05) is 7.11 Å². The summed E-state index contributed by atoms with van der Waals surface area (Å²) in [4.78, 5) is 21.3. The van der Waals surface area contributed by atoms with Crippen LogP contribution in [0.3, 0.4) is 0 Å². The normalized spacial score (nSPS) is 9.42. The lowest BCUT2D eigenvalue weighted by molar-refractivity contribution is -0.139. The van der Waals surface area contributed by atoms with E-state index in [9.17, 15) is 9.59 Å². The van der Waals surface area contributed by atoms with Gasteiger partial charge in [0.2, 0.25) is 0 Å². The number of nitrogens with zero attached hydrogens (tertiary/aromatic N) is 1. The smallest absolute Gasteiger partial charge is 0.311 e. The van der Waals surface area contributed by atoms with Gasteiger partial charge in [0.1, 0.15) is 0 Å². The summed E-state index contributed by atoms with van der Waals surface area (Å²) in [5, 5.41) is 5.84. The number of hydrogen-bond acceptors (Lipinski definition) is 4. The van der Waals surface area contributed by atoms with Crippen molar-refractivity contribution in [3.8, 4) is 0 Å². The van der Waals surface area contributed by atoms with Gasteiger partial charge < -0.3 is 4.74 Å². The summed E-state index contributed by atoms with van der Waals surface area (Å²) in [6, 6.07) is 2.79. The van der Waals surface area contributed by atoms with Crippen LogP contribution in [0.1, 0.15) is 5.69 Å². The van der Waals surface area contributed by atoms with Crippen LogP contribution in [0.15, 0.2) is 16.9 Å². The molecule has 0 fully saturated rings. The molecule has 0 aliphatic heterocycles. The zero-order valence-electron chi connectivity index (χ0n) is 6.53. The molecule has 0 saturated heterocycles. The first kappa shape index (κ1) is 8.45. The summed E-state index contributed by atoms with van der Waals surface area (Å²) in [6.45, 7) is 0. The molecule has 0 bridgehead atoms. The Morgan fingerprint density at radius 3 is 2.92 bits per heavy atom. The van der Waals surface area contributed by atoms with Gasteiger partial charge in [-0.05, 0) is 6.07 Å². The minimum Gasteiger partial charge on any atom is -0.469 e. The van der Waals surface area contributed by atoms with Crippen molar-refractivity contribution in [3.63, 3.8) is 0 Å². The van der Waals surface area contributed by atoms with Gasteiger partial charge in [-0.25, -0.2) is 5.10 Å². The summed E-state index contributed by atoms with van der Waals surface area (Å²) >= 11 is 0. The van der Waals surface area contributed by atoms with Crippen LogP contribution in [0.2, 0.25) is 0 Å². The zero-order valence-corrected chi connectivity index (χ0v) is 6.53. The molecule has 0 aliphatic carbocycles. The Morgan fingerprint density at radius 1 is 1.67 bits per heavy atom. The van der Waals surface area contributed by atoms with Gasteiger partial charge >= 0.3 is 5.97 Å². The van der Waals surface area contributed by atoms with Gasteiger partial charge in [-0.2, -0.15) is 5.10 Å². The van der Waals surface area contributed by atoms with Crippen LogP contribution in [0.5, 0.6) is 0 Å². The predicted octanol–water partition coefficient (Wildman–Crippen LogP) is -0.515. The van der Waals surface area contributed by atoms with E-state index in [1.807, 2.05) is 0 Å². The third kappa shape index (κ3) is 2.19. The second-order valence-electron chi connectivity index (χ2n) is 2.17. The quantitative estimate of drug-likeness (QED) is 0.603. The molecule has 0 amide bonds. The van der Waals surface area contributed by atoms with Crippen molar-refractivity contribution < 1.29 is 9.53 Å². The topological polar surface area (TPSA) is 72.1 Å². The van der Waals surface area contributed by atoms with Crippen molar-refractivity contribution >= 4 is 5.97 Å². The molecule has 1 N–H and O–H groups in total. The predicted molar refractivity (Wildman–Crippen MR) is 40.6 cm³/mol. The number of H-pyrrole nitrogens is 1. The maximum Gasteiger partial charge on any atom is 0.311 e. The lowest BCUT2D eigenvalue weighted by atomic mass is 10.3. The number of nitrogens with one attached hydrogen (secondary N) is 1. The van der Waals surface area contributed by atoms with E-state index in [0.29, 0.717) is 5.69 Å². The molecule has 5 nitrogen and oxygen atoms in total. The molecular weight excluding hydrogens is 160 g/mol. The summed E-state index contributed by atoms with van der Waals surface area (Å²) in [7, 11) is 1.30. The van der Waals surface area contributed by atoms with Gasteiger partial charge in [0.25, 0.3) is 5.56 Å². The molecule has 0 aromatic carbocycles. The highest BCUT2D eigenvalue weighted by Crippen LogP contribution is 1.91. The summed E-state index contributed by atoms with van der Waals surface area (Å²) < 4.78 is 4.41. The Balaban J connectivity index is 2.71. The van der Waals surface area contributed by atoms with Gasteiger partial charge in [0.15, 0.2) is 0 Å². The first-order valence-electron chi connectivity index (χ1n) is 3.34. The number of hydrogen-bond donors (Lipinski definition) is 1. The number of aromatic amines is 1. The minimum absolute atomic E-state index is 0.0767. The van der Waals surface area contributed by atoms with E-state index in [-0.39, 0.29) is 17.9 Å². The Morgan fingerprint density at radius 2 is 2.42 bits per heavy atom. The van der Waals surface area contributed by atoms with Crippen molar-refractivity contribution in [3.05, 3.63) is 28.2 Å². The molecule has 1 aromatic heterocycles. The second kappa shape index (κ2) is 3.66. The van der Waals surface area contributed by atoms with Crippen LogP contribution >= 0.6 is 0 Å². The largest absolute Gasteiger partial charge is 0.469 e. The molecule has 64 valence electrons. The van der Waals surface area contributed by atoms with E-state index in [1.54, 1.807) is 0 Å². The number of ether oxygens (including phenoxy) is 1. The van der Waals surface area contributed by atoms with Crippen molar-refractivity contribution in [1.82, 2.24) is 10.2 Å². The van der Waals surface area contributed by atoms with Gasteiger partial charge in [-0.15, -0.1) is 0 Å². The summed E-state index contributed by atoms with van der Waals surface area (Å²) in [5.74, 6) is -0.380. The lowest BCUT2D eigenvalue weighted by Crippen LogP contribution is -2.11. The maximum atomic E-state index is 10.7. The molecule has 5 heteroatoms. The molecular formula is C7H8N2O3.